The first-order valence-electron chi connectivity index (χ1n) is 10.1. The number of hydrogen-bond acceptors (Lipinski definition) is 3. The molecule has 2 fully saturated rings. The van der Waals surface area contributed by atoms with E-state index in [1.807, 2.05) is 4.90 Å². The largest absolute Gasteiger partial charge is 0.507 e. The van der Waals surface area contributed by atoms with Gasteiger partial charge in [-0.1, -0.05) is 32.9 Å². The van der Waals surface area contributed by atoms with Gasteiger partial charge in [-0.25, -0.2) is 0 Å². The summed E-state index contributed by atoms with van der Waals surface area (Å²) in [6, 6.07) is 6.63. The van der Waals surface area contributed by atoms with Gasteiger partial charge >= 0.3 is 0 Å². The van der Waals surface area contributed by atoms with Crippen LogP contribution in [0.5, 0.6) is 5.75 Å². The maximum Gasteiger partial charge on any atom is 0.257 e. The van der Waals surface area contributed by atoms with Gasteiger partial charge in [0.1, 0.15) is 5.75 Å². The van der Waals surface area contributed by atoms with Crippen molar-refractivity contribution in [1.82, 2.24) is 9.80 Å². The standard InChI is InChI=1S/C22H32N2O3/c1-22(2,3)17-10-8-16(9-11-17)20(26)23-12-14-24(15-13-23)21(27)18-6-4-5-7-19(18)25/h4-7,16-17,25H,8-15H2,1-3H3. The van der Waals surface area contributed by atoms with Crippen LogP contribution < -0.4 is 0 Å². The molecule has 0 radical (unpaired) electrons. The summed E-state index contributed by atoms with van der Waals surface area (Å²) in [5.74, 6) is 0.957. The lowest BCUT2D eigenvalue weighted by molar-refractivity contribution is -0.138. The summed E-state index contributed by atoms with van der Waals surface area (Å²) in [7, 11) is 0. The monoisotopic (exact) mass is 372 g/mol. The zero-order valence-electron chi connectivity index (χ0n) is 16.8. The quantitative estimate of drug-likeness (QED) is 0.864. The summed E-state index contributed by atoms with van der Waals surface area (Å²) in [6.07, 6.45) is 4.23. The van der Waals surface area contributed by atoms with Crippen LogP contribution in [0, 0.1) is 17.3 Å². The van der Waals surface area contributed by atoms with Crippen molar-refractivity contribution in [3.8, 4) is 5.75 Å². The molecule has 148 valence electrons. The Kier molecular flexibility index (Phi) is 5.78. The highest BCUT2D eigenvalue weighted by atomic mass is 16.3. The number of aromatic hydroxyl groups is 1. The lowest BCUT2D eigenvalue weighted by Crippen LogP contribution is -2.52. The minimum Gasteiger partial charge on any atom is -0.507 e. The fourth-order valence-electron chi connectivity index (χ4n) is 4.42. The highest BCUT2D eigenvalue weighted by Gasteiger charge is 2.35. The van der Waals surface area contributed by atoms with Crippen LogP contribution in [-0.2, 0) is 4.79 Å². The van der Waals surface area contributed by atoms with Crippen molar-refractivity contribution >= 4 is 11.8 Å². The Hall–Kier alpha value is -2.04. The zero-order valence-corrected chi connectivity index (χ0v) is 16.8. The summed E-state index contributed by atoms with van der Waals surface area (Å²) in [5.41, 5.74) is 0.654. The van der Waals surface area contributed by atoms with E-state index >= 15 is 0 Å². The van der Waals surface area contributed by atoms with Gasteiger partial charge in [0.2, 0.25) is 5.91 Å². The summed E-state index contributed by atoms with van der Waals surface area (Å²) in [5, 5.41) is 9.89. The van der Waals surface area contributed by atoms with Crippen LogP contribution in [0.15, 0.2) is 24.3 Å². The van der Waals surface area contributed by atoms with E-state index in [-0.39, 0.29) is 23.5 Å². The van der Waals surface area contributed by atoms with Crippen LogP contribution >= 0.6 is 0 Å². The Bertz CT molecular complexity index is 679. The van der Waals surface area contributed by atoms with Gasteiger partial charge in [0.25, 0.3) is 5.91 Å². The predicted molar refractivity (Wildman–Crippen MR) is 105 cm³/mol. The van der Waals surface area contributed by atoms with Crippen LogP contribution in [0.1, 0.15) is 56.8 Å². The van der Waals surface area contributed by atoms with Crippen molar-refractivity contribution in [3.05, 3.63) is 29.8 Å². The first kappa shape index (κ1) is 19.7. The molecule has 1 aromatic carbocycles. The van der Waals surface area contributed by atoms with Gasteiger partial charge in [0, 0.05) is 32.1 Å². The average Bonchev–Trinajstić information content (AvgIpc) is 2.67. The molecular weight excluding hydrogens is 340 g/mol. The Morgan fingerprint density at radius 2 is 1.48 bits per heavy atom. The molecule has 1 saturated carbocycles. The van der Waals surface area contributed by atoms with Gasteiger partial charge < -0.3 is 14.9 Å². The van der Waals surface area contributed by atoms with Crippen molar-refractivity contribution in [2.75, 3.05) is 26.2 Å². The number of nitrogens with zero attached hydrogens (tertiary/aromatic N) is 2. The fourth-order valence-corrected chi connectivity index (χ4v) is 4.42. The van der Waals surface area contributed by atoms with E-state index < -0.39 is 0 Å². The maximum absolute atomic E-state index is 12.9. The van der Waals surface area contributed by atoms with E-state index in [2.05, 4.69) is 20.8 Å². The van der Waals surface area contributed by atoms with Gasteiger partial charge in [0.15, 0.2) is 0 Å². The van der Waals surface area contributed by atoms with Crippen molar-refractivity contribution < 1.29 is 14.7 Å². The van der Waals surface area contributed by atoms with Crippen LogP contribution in [0.3, 0.4) is 0 Å². The molecule has 5 heteroatoms. The maximum atomic E-state index is 12.9. The third kappa shape index (κ3) is 4.45. The fraction of sp³-hybridized carbons (Fsp3) is 0.636. The van der Waals surface area contributed by atoms with Gasteiger partial charge in [-0.2, -0.15) is 0 Å². The summed E-state index contributed by atoms with van der Waals surface area (Å²) in [4.78, 5) is 29.1. The molecule has 1 heterocycles. The van der Waals surface area contributed by atoms with Crippen molar-refractivity contribution in [2.24, 2.45) is 17.3 Å². The number of amides is 2. The second-order valence-electron chi connectivity index (χ2n) is 9.05. The number of carbonyl (C=O) groups is 2. The molecule has 0 bridgehead atoms. The molecule has 3 rings (SSSR count). The van der Waals surface area contributed by atoms with Crippen LogP contribution in [0.25, 0.3) is 0 Å². The summed E-state index contributed by atoms with van der Waals surface area (Å²) < 4.78 is 0. The number of phenols is 1. The molecule has 27 heavy (non-hydrogen) atoms. The second kappa shape index (κ2) is 7.91. The Balaban J connectivity index is 1.51. The first-order chi connectivity index (χ1) is 12.8. The highest BCUT2D eigenvalue weighted by molar-refractivity contribution is 5.97. The van der Waals surface area contributed by atoms with Gasteiger partial charge in [-0.15, -0.1) is 0 Å². The Morgan fingerprint density at radius 3 is 2.04 bits per heavy atom. The van der Waals surface area contributed by atoms with Crippen LogP contribution in [0.2, 0.25) is 0 Å². The van der Waals surface area contributed by atoms with Crippen molar-refractivity contribution in [2.45, 2.75) is 46.5 Å². The number of phenolic OH excluding ortho intramolecular Hbond substituents is 1. The third-order valence-corrected chi connectivity index (χ3v) is 6.31. The number of piperazine rings is 1. The third-order valence-electron chi connectivity index (χ3n) is 6.31. The topological polar surface area (TPSA) is 60.9 Å². The highest BCUT2D eigenvalue weighted by Crippen LogP contribution is 2.40. The Morgan fingerprint density at radius 1 is 0.926 bits per heavy atom. The lowest BCUT2D eigenvalue weighted by Gasteiger charge is -2.40. The van der Waals surface area contributed by atoms with E-state index in [9.17, 15) is 14.7 Å². The second-order valence-corrected chi connectivity index (χ2v) is 9.05. The molecule has 1 aliphatic carbocycles. The van der Waals surface area contributed by atoms with Gasteiger partial charge in [-0.3, -0.25) is 9.59 Å². The first-order valence-corrected chi connectivity index (χ1v) is 10.1. The summed E-state index contributed by atoms with van der Waals surface area (Å²) >= 11 is 0. The smallest absolute Gasteiger partial charge is 0.257 e. The minimum absolute atomic E-state index is 0.0108. The van der Waals surface area contributed by atoms with Crippen LogP contribution in [-0.4, -0.2) is 52.9 Å². The number of hydrogen-bond donors (Lipinski definition) is 1. The molecule has 5 nitrogen and oxygen atoms in total. The molecule has 1 saturated heterocycles. The van der Waals surface area contributed by atoms with Crippen molar-refractivity contribution in [3.63, 3.8) is 0 Å². The number of carbonyl (C=O) groups excluding carboxylic acids is 2. The molecule has 2 amide bonds. The molecular formula is C22H32N2O3. The Labute approximate surface area is 162 Å². The molecule has 0 atom stereocenters. The minimum atomic E-state index is -0.161. The SMILES string of the molecule is CC(C)(C)C1CCC(C(=O)N2CCN(C(=O)c3ccccc3O)CC2)CC1. The lowest BCUT2D eigenvalue weighted by atomic mass is 9.69. The molecule has 1 aromatic rings. The predicted octanol–water partition coefficient (Wildman–Crippen LogP) is 3.53. The normalized spacial score (nSPS) is 24.0. The van der Waals surface area contributed by atoms with Crippen LogP contribution in [0.4, 0.5) is 0 Å². The van der Waals surface area contributed by atoms with E-state index in [1.165, 1.54) is 6.07 Å². The van der Waals surface area contributed by atoms with E-state index in [0.717, 1.165) is 25.7 Å². The average molecular weight is 373 g/mol. The van der Waals surface area contributed by atoms with E-state index in [0.29, 0.717) is 43.1 Å². The molecule has 0 unspecified atom stereocenters. The van der Waals surface area contributed by atoms with Crippen molar-refractivity contribution in [1.29, 1.82) is 0 Å². The number of rotatable bonds is 2. The van der Waals surface area contributed by atoms with E-state index in [1.54, 1.807) is 23.1 Å². The zero-order chi connectivity index (χ0) is 19.6. The summed E-state index contributed by atoms with van der Waals surface area (Å²) in [6.45, 7) is 9.09. The van der Waals surface area contributed by atoms with E-state index in [4.69, 9.17) is 0 Å². The number of para-hydroxylation sites is 1. The molecule has 1 aliphatic heterocycles. The molecule has 0 spiro atoms. The van der Waals surface area contributed by atoms with Gasteiger partial charge in [-0.05, 0) is 49.1 Å². The molecule has 0 aromatic heterocycles. The molecule has 1 N–H and O–H groups in total. The van der Waals surface area contributed by atoms with Gasteiger partial charge in [0.05, 0.1) is 5.56 Å². The number of benzene rings is 1. The molecule has 2 aliphatic rings.